The van der Waals surface area contributed by atoms with Crippen molar-refractivity contribution in [2.75, 3.05) is 11.4 Å². The molecule has 1 aromatic carbocycles. The van der Waals surface area contributed by atoms with E-state index in [1.165, 1.54) is 17.7 Å². The van der Waals surface area contributed by atoms with E-state index in [1.54, 1.807) is 0 Å². The van der Waals surface area contributed by atoms with Crippen LogP contribution >= 0.6 is 11.6 Å². The zero-order valence-corrected chi connectivity index (χ0v) is 12.5. The van der Waals surface area contributed by atoms with Crippen LogP contribution < -0.4 is 4.90 Å². The van der Waals surface area contributed by atoms with Gasteiger partial charge in [0.15, 0.2) is 0 Å². The van der Waals surface area contributed by atoms with Crippen LogP contribution in [0.15, 0.2) is 36.4 Å². The van der Waals surface area contributed by atoms with Gasteiger partial charge in [-0.3, -0.25) is 0 Å². The van der Waals surface area contributed by atoms with Crippen molar-refractivity contribution in [2.45, 2.75) is 32.1 Å². The number of rotatable bonds is 3. The Kier molecular flexibility index (Phi) is 3.93. The predicted molar refractivity (Wildman–Crippen MR) is 84.9 cm³/mol. The monoisotopic (exact) mass is 286 g/mol. The maximum absolute atomic E-state index is 6.02. The maximum atomic E-state index is 6.02. The van der Waals surface area contributed by atoms with E-state index in [0.717, 1.165) is 36.5 Å². The molecule has 0 fully saturated rings. The lowest BCUT2D eigenvalue weighted by molar-refractivity contribution is 0.757. The predicted octanol–water partition coefficient (Wildman–Crippen LogP) is 4.47. The fourth-order valence-electron chi connectivity index (χ4n) is 2.80. The van der Waals surface area contributed by atoms with Crippen LogP contribution in [0.5, 0.6) is 0 Å². The van der Waals surface area contributed by atoms with E-state index in [2.05, 4.69) is 48.2 Å². The highest BCUT2D eigenvalue weighted by Gasteiger charge is 2.19. The number of fused-ring (bicyclic) bond motifs is 1. The molecule has 104 valence electrons. The Labute approximate surface area is 125 Å². The highest BCUT2D eigenvalue weighted by Crippen LogP contribution is 2.33. The van der Waals surface area contributed by atoms with Crippen LogP contribution in [-0.4, -0.2) is 11.5 Å². The van der Waals surface area contributed by atoms with Gasteiger partial charge in [0.1, 0.15) is 5.82 Å². The lowest BCUT2D eigenvalue weighted by atomic mass is 10.0. The van der Waals surface area contributed by atoms with Gasteiger partial charge in [-0.1, -0.05) is 25.1 Å². The second-order valence-corrected chi connectivity index (χ2v) is 5.46. The van der Waals surface area contributed by atoms with Gasteiger partial charge in [0.2, 0.25) is 0 Å². The van der Waals surface area contributed by atoms with E-state index in [0.29, 0.717) is 5.88 Å². The van der Waals surface area contributed by atoms with Gasteiger partial charge < -0.3 is 4.90 Å². The van der Waals surface area contributed by atoms with Gasteiger partial charge in [-0.15, -0.1) is 11.6 Å². The average molecular weight is 287 g/mol. The molecule has 0 saturated carbocycles. The summed E-state index contributed by atoms with van der Waals surface area (Å²) in [7, 11) is 0. The molecule has 2 nitrogen and oxygen atoms in total. The van der Waals surface area contributed by atoms with Crippen molar-refractivity contribution in [3.05, 3.63) is 53.2 Å². The Morgan fingerprint density at radius 1 is 1.25 bits per heavy atom. The minimum atomic E-state index is 0.540. The molecule has 3 heteroatoms. The molecule has 20 heavy (non-hydrogen) atoms. The van der Waals surface area contributed by atoms with Crippen LogP contribution in [0.4, 0.5) is 11.5 Å². The first-order valence-corrected chi connectivity index (χ1v) is 7.76. The molecule has 1 aliphatic heterocycles. The number of pyridine rings is 1. The minimum absolute atomic E-state index is 0.540. The summed E-state index contributed by atoms with van der Waals surface area (Å²) in [4.78, 5) is 7.12. The van der Waals surface area contributed by atoms with E-state index in [-0.39, 0.29) is 0 Å². The third-order valence-electron chi connectivity index (χ3n) is 3.83. The summed E-state index contributed by atoms with van der Waals surface area (Å²) >= 11 is 6.02. The normalized spacial score (nSPS) is 14.2. The molecular weight excluding hydrogens is 268 g/mol. The van der Waals surface area contributed by atoms with Gasteiger partial charge in [0, 0.05) is 23.8 Å². The number of halogens is 1. The van der Waals surface area contributed by atoms with Gasteiger partial charge in [0.05, 0.1) is 0 Å². The third kappa shape index (κ3) is 2.53. The largest absolute Gasteiger partial charge is 0.326 e. The molecule has 0 N–H and O–H groups in total. The van der Waals surface area contributed by atoms with Gasteiger partial charge in [-0.05, 0) is 48.6 Å². The van der Waals surface area contributed by atoms with Crippen molar-refractivity contribution < 1.29 is 0 Å². The Balaban J connectivity index is 2.05. The molecule has 2 aromatic rings. The molecule has 0 spiro atoms. The van der Waals surface area contributed by atoms with Gasteiger partial charge in [-0.2, -0.15) is 0 Å². The van der Waals surface area contributed by atoms with Crippen LogP contribution in [-0.2, 0) is 18.7 Å². The molecule has 1 aliphatic rings. The lowest BCUT2D eigenvalue weighted by Crippen LogP contribution is -2.25. The van der Waals surface area contributed by atoms with Crippen molar-refractivity contribution >= 4 is 23.1 Å². The fraction of sp³-hybridized carbons (Fsp3) is 0.353. The summed E-state index contributed by atoms with van der Waals surface area (Å²) in [5.74, 6) is 1.57. The average Bonchev–Trinajstić information content (AvgIpc) is 2.53. The van der Waals surface area contributed by atoms with Crippen molar-refractivity contribution in [1.29, 1.82) is 0 Å². The van der Waals surface area contributed by atoms with Crippen LogP contribution in [0, 0.1) is 0 Å². The van der Waals surface area contributed by atoms with E-state index in [9.17, 15) is 0 Å². The van der Waals surface area contributed by atoms with E-state index in [1.807, 2.05) is 0 Å². The maximum Gasteiger partial charge on any atom is 0.133 e. The molecule has 3 rings (SSSR count). The smallest absolute Gasteiger partial charge is 0.133 e. The number of para-hydroxylation sites is 1. The van der Waals surface area contributed by atoms with Crippen molar-refractivity contribution in [3.8, 4) is 0 Å². The van der Waals surface area contributed by atoms with Crippen molar-refractivity contribution in [2.24, 2.45) is 0 Å². The van der Waals surface area contributed by atoms with Crippen LogP contribution in [0.3, 0.4) is 0 Å². The highest BCUT2D eigenvalue weighted by molar-refractivity contribution is 6.17. The summed E-state index contributed by atoms with van der Waals surface area (Å²) < 4.78 is 0. The summed E-state index contributed by atoms with van der Waals surface area (Å²) in [6.45, 7) is 3.16. The number of aryl methyl sites for hydroxylation is 2. The van der Waals surface area contributed by atoms with Crippen LogP contribution in [0.25, 0.3) is 0 Å². The van der Waals surface area contributed by atoms with Gasteiger partial charge in [-0.25, -0.2) is 4.98 Å². The number of aromatic nitrogens is 1. The van der Waals surface area contributed by atoms with Crippen molar-refractivity contribution in [3.63, 3.8) is 0 Å². The number of hydrogen-bond acceptors (Lipinski definition) is 2. The molecule has 0 saturated heterocycles. The Bertz CT molecular complexity index is 587. The summed E-state index contributed by atoms with van der Waals surface area (Å²) in [5, 5.41) is 0. The van der Waals surface area contributed by atoms with Gasteiger partial charge in [0.25, 0.3) is 0 Å². The fourth-order valence-corrected chi connectivity index (χ4v) is 2.96. The molecule has 0 atom stereocenters. The first-order chi connectivity index (χ1) is 9.81. The molecule has 0 aliphatic carbocycles. The Morgan fingerprint density at radius 3 is 2.90 bits per heavy atom. The number of anilines is 2. The molecule has 2 heterocycles. The first kappa shape index (κ1) is 13.4. The highest BCUT2D eigenvalue weighted by atomic mass is 35.5. The second kappa shape index (κ2) is 5.84. The summed E-state index contributed by atoms with van der Waals surface area (Å²) in [6.07, 6.45) is 3.26. The molecular formula is C17H19ClN2. The topological polar surface area (TPSA) is 16.1 Å². The molecule has 0 unspecified atom stereocenters. The summed E-state index contributed by atoms with van der Waals surface area (Å²) in [5.41, 5.74) is 4.97. The quantitative estimate of drug-likeness (QED) is 0.774. The van der Waals surface area contributed by atoms with Crippen molar-refractivity contribution in [1.82, 2.24) is 4.98 Å². The molecule has 0 amide bonds. The number of alkyl halides is 1. The Morgan fingerprint density at radius 2 is 2.10 bits per heavy atom. The van der Waals surface area contributed by atoms with E-state index >= 15 is 0 Å². The second-order valence-electron chi connectivity index (χ2n) is 5.20. The van der Waals surface area contributed by atoms with Gasteiger partial charge >= 0.3 is 0 Å². The number of hydrogen-bond donors (Lipinski definition) is 0. The standard InChI is InChI=1S/C17H19ClN2/c1-2-15-10-13(12-18)11-17(19-15)20-9-5-7-14-6-3-4-8-16(14)20/h3-4,6,8,10-11H,2,5,7,9,12H2,1H3. The van der Waals surface area contributed by atoms with E-state index in [4.69, 9.17) is 16.6 Å². The van der Waals surface area contributed by atoms with Crippen LogP contribution in [0.1, 0.15) is 30.2 Å². The number of benzene rings is 1. The zero-order valence-electron chi connectivity index (χ0n) is 11.8. The van der Waals surface area contributed by atoms with E-state index < -0.39 is 0 Å². The SMILES string of the molecule is CCc1cc(CCl)cc(N2CCCc3ccccc32)n1. The summed E-state index contributed by atoms with van der Waals surface area (Å²) in [6, 6.07) is 12.8. The zero-order chi connectivity index (χ0) is 13.9. The number of nitrogens with zero attached hydrogens (tertiary/aromatic N) is 2. The minimum Gasteiger partial charge on any atom is -0.326 e. The third-order valence-corrected chi connectivity index (χ3v) is 4.14. The Hall–Kier alpha value is -1.54. The molecule has 0 bridgehead atoms. The van der Waals surface area contributed by atoms with Crippen LogP contribution in [0.2, 0.25) is 0 Å². The molecule has 0 radical (unpaired) electrons. The first-order valence-electron chi connectivity index (χ1n) is 7.23. The lowest BCUT2D eigenvalue weighted by Gasteiger charge is -2.31. The molecule has 1 aromatic heterocycles.